The van der Waals surface area contributed by atoms with E-state index in [9.17, 15) is 4.79 Å². The quantitative estimate of drug-likeness (QED) is 0.796. The van der Waals surface area contributed by atoms with Crippen molar-refractivity contribution in [2.45, 2.75) is 31.2 Å². The third-order valence-electron chi connectivity index (χ3n) is 1.72. The van der Waals surface area contributed by atoms with Gasteiger partial charge in [0, 0.05) is 10.4 Å². The largest absolute Gasteiger partial charge is 0.508 e. The minimum atomic E-state index is -0.188. The van der Waals surface area contributed by atoms with E-state index in [0.29, 0.717) is 5.75 Å². The van der Waals surface area contributed by atoms with E-state index in [1.54, 1.807) is 24.3 Å². The smallest absolute Gasteiger partial charge is 0.230 e. The lowest BCUT2D eigenvalue weighted by Crippen LogP contribution is -2.41. The van der Waals surface area contributed by atoms with Crippen molar-refractivity contribution in [1.29, 1.82) is 0 Å². The Balaban J connectivity index is 2.40. The molecule has 1 aromatic rings. The molecule has 0 radical (unpaired) electrons. The van der Waals surface area contributed by atoms with E-state index in [0.717, 1.165) is 4.90 Å². The maximum atomic E-state index is 11.5. The molecule has 3 nitrogen and oxygen atoms in total. The van der Waals surface area contributed by atoms with Crippen LogP contribution in [0.3, 0.4) is 0 Å². The monoisotopic (exact) mass is 239 g/mol. The van der Waals surface area contributed by atoms with E-state index in [2.05, 4.69) is 5.32 Å². The SMILES string of the molecule is CC(C)(C)NC(=O)CSc1ccc(O)cc1. The Bertz CT molecular complexity index is 354. The molecule has 16 heavy (non-hydrogen) atoms. The number of carbonyl (C=O) groups is 1. The molecule has 0 saturated heterocycles. The van der Waals surface area contributed by atoms with Gasteiger partial charge in [0.1, 0.15) is 5.75 Å². The molecule has 0 spiro atoms. The minimum Gasteiger partial charge on any atom is -0.508 e. The number of thioether (sulfide) groups is 1. The summed E-state index contributed by atoms with van der Waals surface area (Å²) >= 11 is 1.45. The topological polar surface area (TPSA) is 49.3 Å². The number of hydrogen-bond acceptors (Lipinski definition) is 3. The standard InChI is InChI=1S/C12H17NO2S/c1-12(2,3)13-11(15)8-16-10-6-4-9(14)5-7-10/h4-7,14H,8H2,1-3H3,(H,13,15). The fourth-order valence-electron chi connectivity index (χ4n) is 1.15. The van der Waals surface area contributed by atoms with Gasteiger partial charge in [-0.2, -0.15) is 0 Å². The highest BCUT2D eigenvalue weighted by molar-refractivity contribution is 8.00. The van der Waals surface area contributed by atoms with Crippen LogP contribution in [0.1, 0.15) is 20.8 Å². The molecule has 0 bridgehead atoms. The molecule has 0 aliphatic carbocycles. The van der Waals surface area contributed by atoms with Crippen molar-refractivity contribution in [2.24, 2.45) is 0 Å². The summed E-state index contributed by atoms with van der Waals surface area (Å²) < 4.78 is 0. The molecule has 0 fully saturated rings. The number of hydrogen-bond donors (Lipinski definition) is 2. The van der Waals surface area contributed by atoms with E-state index in [1.165, 1.54) is 11.8 Å². The van der Waals surface area contributed by atoms with Gasteiger partial charge in [0.05, 0.1) is 5.75 Å². The van der Waals surface area contributed by atoms with Crippen molar-refractivity contribution in [2.75, 3.05) is 5.75 Å². The van der Waals surface area contributed by atoms with E-state index in [-0.39, 0.29) is 17.2 Å². The molecule has 88 valence electrons. The summed E-state index contributed by atoms with van der Waals surface area (Å²) in [6, 6.07) is 6.82. The Hall–Kier alpha value is -1.16. The summed E-state index contributed by atoms with van der Waals surface area (Å²) in [5.74, 6) is 0.649. The number of amides is 1. The van der Waals surface area contributed by atoms with Gasteiger partial charge in [-0.05, 0) is 45.0 Å². The lowest BCUT2D eigenvalue weighted by Gasteiger charge is -2.20. The molecular formula is C12H17NO2S. The first-order valence-corrected chi connectivity index (χ1v) is 6.08. The molecule has 4 heteroatoms. The highest BCUT2D eigenvalue weighted by atomic mass is 32.2. The van der Waals surface area contributed by atoms with Crippen molar-refractivity contribution in [3.8, 4) is 5.75 Å². The summed E-state index contributed by atoms with van der Waals surface area (Å²) in [6.07, 6.45) is 0. The zero-order valence-corrected chi connectivity index (χ0v) is 10.6. The average molecular weight is 239 g/mol. The van der Waals surface area contributed by atoms with Crippen LogP contribution in [-0.4, -0.2) is 22.3 Å². The molecule has 0 unspecified atom stereocenters. The molecule has 2 N–H and O–H groups in total. The van der Waals surface area contributed by atoms with E-state index < -0.39 is 0 Å². The van der Waals surface area contributed by atoms with Crippen LogP contribution >= 0.6 is 11.8 Å². The predicted octanol–water partition coefficient (Wildman–Crippen LogP) is 2.40. The fraction of sp³-hybridized carbons (Fsp3) is 0.417. The van der Waals surface area contributed by atoms with Gasteiger partial charge in [-0.15, -0.1) is 11.8 Å². The Morgan fingerprint density at radius 3 is 2.38 bits per heavy atom. The first-order valence-electron chi connectivity index (χ1n) is 5.10. The molecule has 0 atom stereocenters. The predicted molar refractivity (Wildman–Crippen MR) is 66.7 cm³/mol. The van der Waals surface area contributed by atoms with Gasteiger partial charge in [0.15, 0.2) is 0 Å². The molecule has 0 saturated carbocycles. The van der Waals surface area contributed by atoms with Crippen LogP contribution in [0.15, 0.2) is 29.2 Å². The molecule has 0 aliphatic rings. The van der Waals surface area contributed by atoms with Crippen molar-refractivity contribution in [3.05, 3.63) is 24.3 Å². The van der Waals surface area contributed by atoms with Gasteiger partial charge in [0.2, 0.25) is 5.91 Å². The molecular weight excluding hydrogens is 222 g/mol. The van der Waals surface area contributed by atoms with Crippen LogP contribution in [-0.2, 0) is 4.79 Å². The van der Waals surface area contributed by atoms with E-state index in [4.69, 9.17) is 5.11 Å². The Morgan fingerprint density at radius 1 is 1.31 bits per heavy atom. The zero-order chi connectivity index (χ0) is 12.2. The minimum absolute atomic E-state index is 0.0191. The van der Waals surface area contributed by atoms with Gasteiger partial charge >= 0.3 is 0 Å². The molecule has 1 aromatic carbocycles. The summed E-state index contributed by atoms with van der Waals surface area (Å²) in [4.78, 5) is 12.5. The van der Waals surface area contributed by atoms with Gasteiger partial charge in [-0.25, -0.2) is 0 Å². The van der Waals surface area contributed by atoms with Crippen LogP contribution in [0, 0.1) is 0 Å². The number of benzene rings is 1. The average Bonchev–Trinajstić information content (AvgIpc) is 2.14. The fourth-order valence-corrected chi connectivity index (χ4v) is 1.84. The van der Waals surface area contributed by atoms with E-state index in [1.807, 2.05) is 20.8 Å². The maximum absolute atomic E-state index is 11.5. The van der Waals surface area contributed by atoms with Crippen LogP contribution in [0.25, 0.3) is 0 Å². The number of carbonyl (C=O) groups excluding carboxylic acids is 1. The van der Waals surface area contributed by atoms with Crippen LogP contribution in [0.4, 0.5) is 0 Å². The number of phenolic OH excluding ortho intramolecular Hbond substituents is 1. The maximum Gasteiger partial charge on any atom is 0.230 e. The van der Waals surface area contributed by atoms with Crippen molar-refractivity contribution in [1.82, 2.24) is 5.32 Å². The third kappa shape index (κ3) is 5.07. The number of aromatic hydroxyl groups is 1. The highest BCUT2D eigenvalue weighted by Gasteiger charge is 2.13. The number of rotatable bonds is 3. The summed E-state index contributed by atoms with van der Waals surface area (Å²) in [5, 5.41) is 12.0. The van der Waals surface area contributed by atoms with E-state index >= 15 is 0 Å². The first kappa shape index (κ1) is 12.9. The molecule has 0 heterocycles. The second-order valence-electron chi connectivity index (χ2n) is 4.58. The van der Waals surface area contributed by atoms with Crippen molar-refractivity contribution in [3.63, 3.8) is 0 Å². The van der Waals surface area contributed by atoms with Crippen molar-refractivity contribution < 1.29 is 9.90 Å². The highest BCUT2D eigenvalue weighted by Crippen LogP contribution is 2.20. The van der Waals surface area contributed by atoms with Gasteiger partial charge in [-0.1, -0.05) is 0 Å². The normalized spacial score (nSPS) is 11.2. The third-order valence-corrected chi connectivity index (χ3v) is 2.73. The van der Waals surface area contributed by atoms with Crippen LogP contribution in [0.2, 0.25) is 0 Å². The first-order chi connectivity index (χ1) is 7.37. The Morgan fingerprint density at radius 2 is 1.88 bits per heavy atom. The molecule has 1 rings (SSSR count). The van der Waals surface area contributed by atoms with Crippen molar-refractivity contribution >= 4 is 17.7 Å². The van der Waals surface area contributed by atoms with Crippen LogP contribution in [0.5, 0.6) is 5.75 Å². The Labute approximate surface area is 100 Å². The Kier molecular flexibility index (Phi) is 4.24. The lowest BCUT2D eigenvalue weighted by molar-refractivity contribution is -0.119. The molecule has 0 aliphatic heterocycles. The molecule has 1 amide bonds. The van der Waals surface area contributed by atoms with Gasteiger partial charge in [-0.3, -0.25) is 4.79 Å². The zero-order valence-electron chi connectivity index (χ0n) is 9.78. The second-order valence-corrected chi connectivity index (χ2v) is 5.63. The number of phenols is 1. The van der Waals surface area contributed by atoms with Crippen LogP contribution < -0.4 is 5.32 Å². The summed E-state index contributed by atoms with van der Waals surface area (Å²) in [7, 11) is 0. The van der Waals surface area contributed by atoms with Gasteiger partial charge in [0.25, 0.3) is 0 Å². The lowest BCUT2D eigenvalue weighted by atomic mass is 10.1. The summed E-state index contributed by atoms with van der Waals surface area (Å²) in [5.41, 5.74) is -0.188. The number of nitrogens with one attached hydrogen (secondary N) is 1. The second kappa shape index (κ2) is 5.25. The summed E-state index contributed by atoms with van der Waals surface area (Å²) in [6.45, 7) is 5.86. The van der Waals surface area contributed by atoms with Gasteiger partial charge < -0.3 is 10.4 Å². The molecule has 0 aromatic heterocycles.